The molecule has 1 aromatic rings. The first-order chi connectivity index (χ1) is 7.70. The van der Waals surface area contributed by atoms with Crippen LogP contribution < -0.4 is 0 Å². The summed E-state index contributed by atoms with van der Waals surface area (Å²) >= 11 is 11.9. The number of ether oxygens (including phenoxy) is 2. The van der Waals surface area contributed by atoms with Crippen LogP contribution in [0.15, 0.2) is 24.3 Å². The van der Waals surface area contributed by atoms with E-state index in [4.69, 9.17) is 32.7 Å². The minimum atomic E-state index is 0.0147. The first-order valence-corrected chi connectivity index (χ1v) is 6.05. The number of hydrogen-bond acceptors (Lipinski definition) is 2. The van der Waals surface area contributed by atoms with Crippen molar-refractivity contribution in [2.75, 3.05) is 7.11 Å². The molecule has 16 heavy (non-hydrogen) atoms. The summed E-state index contributed by atoms with van der Waals surface area (Å²) in [6.07, 6.45) is 0.966. The molecular formula is C12H14Cl2O2. The number of halogens is 2. The van der Waals surface area contributed by atoms with Crippen LogP contribution in [-0.2, 0) is 16.1 Å². The molecule has 0 saturated heterocycles. The molecule has 2 nitrogen and oxygen atoms in total. The molecule has 1 saturated carbocycles. The maximum absolute atomic E-state index is 5.99. The number of hydrogen-bond donors (Lipinski definition) is 0. The van der Waals surface area contributed by atoms with E-state index in [-0.39, 0.29) is 17.6 Å². The molecule has 3 unspecified atom stereocenters. The Balaban J connectivity index is 1.84. The summed E-state index contributed by atoms with van der Waals surface area (Å²) in [5.41, 5.74) is 1.07. The molecule has 2 rings (SSSR count). The second kappa shape index (κ2) is 5.37. The van der Waals surface area contributed by atoms with E-state index in [1.54, 1.807) is 7.11 Å². The lowest BCUT2D eigenvalue weighted by atomic mass is 9.91. The molecule has 1 aliphatic rings. The van der Waals surface area contributed by atoms with Crippen molar-refractivity contribution in [2.24, 2.45) is 0 Å². The molecule has 0 amide bonds. The predicted molar refractivity (Wildman–Crippen MR) is 65.1 cm³/mol. The van der Waals surface area contributed by atoms with Gasteiger partial charge in [0.1, 0.15) is 0 Å². The molecule has 0 heterocycles. The quantitative estimate of drug-likeness (QED) is 0.774. The highest BCUT2D eigenvalue weighted by Gasteiger charge is 2.40. The minimum Gasteiger partial charge on any atom is -0.377 e. The largest absolute Gasteiger partial charge is 0.377 e. The summed E-state index contributed by atoms with van der Waals surface area (Å²) in [5.74, 6) is 0. The van der Waals surface area contributed by atoms with Crippen LogP contribution in [0.4, 0.5) is 0 Å². The Hall–Kier alpha value is -0.280. The Morgan fingerprint density at radius 2 is 2.25 bits per heavy atom. The van der Waals surface area contributed by atoms with Crippen LogP contribution in [0.5, 0.6) is 0 Å². The van der Waals surface area contributed by atoms with Gasteiger partial charge in [-0.05, 0) is 24.1 Å². The fourth-order valence-electron chi connectivity index (χ4n) is 1.82. The van der Waals surface area contributed by atoms with Crippen LogP contribution >= 0.6 is 23.2 Å². The standard InChI is InChI=1S/C12H14Cl2O2/c1-15-12-10(14)6-11(12)16-7-8-3-2-4-9(13)5-8/h2-5,10-12H,6-7H2,1H3. The van der Waals surface area contributed by atoms with Crippen molar-refractivity contribution in [3.8, 4) is 0 Å². The van der Waals surface area contributed by atoms with Gasteiger partial charge in [0.15, 0.2) is 0 Å². The van der Waals surface area contributed by atoms with Gasteiger partial charge in [-0.2, -0.15) is 0 Å². The average molecular weight is 261 g/mol. The van der Waals surface area contributed by atoms with Crippen LogP contribution in [0.3, 0.4) is 0 Å². The van der Waals surface area contributed by atoms with E-state index in [1.165, 1.54) is 0 Å². The van der Waals surface area contributed by atoms with Crippen LogP contribution in [0.1, 0.15) is 12.0 Å². The van der Waals surface area contributed by atoms with E-state index in [0.29, 0.717) is 6.61 Å². The topological polar surface area (TPSA) is 18.5 Å². The fourth-order valence-corrected chi connectivity index (χ4v) is 2.47. The number of methoxy groups -OCH3 is 1. The lowest BCUT2D eigenvalue weighted by Crippen LogP contribution is -2.50. The van der Waals surface area contributed by atoms with E-state index in [0.717, 1.165) is 17.0 Å². The van der Waals surface area contributed by atoms with Crippen molar-refractivity contribution in [3.63, 3.8) is 0 Å². The number of benzene rings is 1. The van der Waals surface area contributed by atoms with Crippen molar-refractivity contribution in [3.05, 3.63) is 34.9 Å². The van der Waals surface area contributed by atoms with Gasteiger partial charge in [-0.3, -0.25) is 0 Å². The van der Waals surface area contributed by atoms with Gasteiger partial charge in [0, 0.05) is 12.1 Å². The summed E-state index contributed by atoms with van der Waals surface area (Å²) in [4.78, 5) is 0. The monoisotopic (exact) mass is 260 g/mol. The van der Waals surface area contributed by atoms with Gasteiger partial charge in [-0.1, -0.05) is 23.7 Å². The van der Waals surface area contributed by atoms with Crippen molar-refractivity contribution in [1.29, 1.82) is 0 Å². The molecule has 0 bridgehead atoms. The smallest absolute Gasteiger partial charge is 0.0997 e. The molecular weight excluding hydrogens is 247 g/mol. The second-order valence-corrected chi connectivity index (χ2v) is 4.93. The molecule has 0 radical (unpaired) electrons. The zero-order chi connectivity index (χ0) is 11.5. The van der Waals surface area contributed by atoms with Crippen molar-refractivity contribution in [1.82, 2.24) is 0 Å². The molecule has 88 valence electrons. The van der Waals surface area contributed by atoms with E-state index in [9.17, 15) is 0 Å². The molecule has 3 atom stereocenters. The van der Waals surface area contributed by atoms with Gasteiger partial charge in [-0.25, -0.2) is 0 Å². The molecule has 0 aromatic heterocycles. The van der Waals surface area contributed by atoms with E-state index in [2.05, 4.69) is 0 Å². The van der Waals surface area contributed by atoms with Gasteiger partial charge in [0.05, 0.1) is 24.2 Å². The Morgan fingerprint density at radius 3 is 2.88 bits per heavy atom. The predicted octanol–water partition coefficient (Wildman–Crippen LogP) is 3.25. The second-order valence-electron chi connectivity index (χ2n) is 3.93. The highest BCUT2D eigenvalue weighted by atomic mass is 35.5. The van der Waals surface area contributed by atoms with E-state index in [1.807, 2.05) is 24.3 Å². The first kappa shape index (κ1) is 12.2. The zero-order valence-corrected chi connectivity index (χ0v) is 10.5. The molecule has 0 aliphatic heterocycles. The third-order valence-electron chi connectivity index (χ3n) is 2.81. The van der Waals surface area contributed by atoms with Gasteiger partial charge < -0.3 is 9.47 Å². The van der Waals surface area contributed by atoms with Gasteiger partial charge >= 0.3 is 0 Å². The molecule has 1 aromatic carbocycles. The SMILES string of the molecule is COC1C(Cl)CC1OCc1cccc(Cl)c1. The zero-order valence-electron chi connectivity index (χ0n) is 9.03. The highest BCUT2D eigenvalue weighted by molar-refractivity contribution is 6.30. The Labute approximate surface area is 105 Å². The van der Waals surface area contributed by atoms with Crippen LogP contribution in [0.25, 0.3) is 0 Å². The van der Waals surface area contributed by atoms with Crippen molar-refractivity contribution >= 4 is 23.2 Å². The minimum absolute atomic E-state index is 0.0147. The van der Waals surface area contributed by atoms with Gasteiger partial charge in [0.25, 0.3) is 0 Å². The Morgan fingerprint density at radius 1 is 1.44 bits per heavy atom. The molecule has 0 spiro atoms. The Bertz CT molecular complexity index is 357. The van der Waals surface area contributed by atoms with Crippen LogP contribution in [0.2, 0.25) is 5.02 Å². The number of rotatable bonds is 4. The summed E-state index contributed by atoms with van der Waals surface area (Å²) in [5, 5.41) is 0.808. The van der Waals surface area contributed by atoms with Crippen LogP contribution in [-0.4, -0.2) is 24.7 Å². The van der Waals surface area contributed by atoms with Crippen molar-refractivity contribution in [2.45, 2.75) is 30.6 Å². The van der Waals surface area contributed by atoms with Gasteiger partial charge in [0.2, 0.25) is 0 Å². The summed E-state index contributed by atoms with van der Waals surface area (Å²) in [6.45, 7) is 0.550. The molecule has 0 N–H and O–H groups in total. The third kappa shape index (κ3) is 2.69. The van der Waals surface area contributed by atoms with E-state index >= 15 is 0 Å². The average Bonchev–Trinajstić information content (AvgIpc) is 2.24. The number of alkyl halides is 1. The lowest BCUT2D eigenvalue weighted by Gasteiger charge is -2.39. The molecule has 4 heteroatoms. The van der Waals surface area contributed by atoms with Crippen molar-refractivity contribution < 1.29 is 9.47 Å². The van der Waals surface area contributed by atoms with Gasteiger partial charge in [-0.15, -0.1) is 11.6 Å². The summed E-state index contributed by atoms with van der Waals surface area (Å²) < 4.78 is 11.0. The Kier molecular flexibility index (Phi) is 4.09. The maximum Gasteiger partial charge on any atom is 0.0997 e. The first-order valence-electron chi connectivity index (χ1n) is 5.23. The molecule has 1 aliphatic carbocycles. The van der Waals surface area contributed by atoms with E-state index < -0.39 is 0 Å². The van der Waals surface area contributed by atoms with Crippen LogP contribution in [0, 0.1) is 0 Å². The summed E-state index contributed by atoms with van der Waals surface area (Å²) in [7, 11) is 1.66. The summed E-state index contributed by atoms with van der Waals surface area (Å²) in [6, 6.07) is 7.66. The normalized spacial score (nSPS) is 28.8. The fraction of sp³-hybridized carbons (Fsp3) is 0.500. The highest BCUT2D eigenvalue weighted by Crippen LogP contribution is 2.32. The lowest BCUT2D eigenvalue weighted by molar-refractivity contribution is -0.116. The molecule has 1 fully saturated rings. The third-order valence-corrected chi connectivity index (χ3v) is 3.47. The maximum atomic E-state index is 5.99.